The number of carbonyl (C=O) groups excluding carboxylic acids is 1. The van der Waals surface area contributed by atoms with Crippen molar-refractivity contribution in [3.05, 3.63) is 41.5 Å². The molecule has 0 fully saturated rings. The number of carboxylic acids is 1. The maximum Gasteiger partial charge on any atom is 0.332 e. The molecule has 0 bridgehead atoms. The van der Waals surface area contributed by atoms with Gasteiger partial charge < -0.3 is 15.2 Å². The van der Waals surface area contributed by atoms with Gasteiger partial charge in [-0.3, -0.25) is 4.79 Å². The lowest BCUT2D eigenvalue weighted by molar-refractivity contribution is -0.148. The smallest absolute Gasteiger partial charge is 0.332 e. The average Bonchev–Trinajstić information content (AvgIpc) is 2.49. The first kappa shape index (κ1) is 17.9. The monoisotopic (exact) mass is 305 g/mol. The van der Waals surface area contributed by atoms with E-state index in [2.05, 4.69) is 19.2 Å². The molecule has 120 valence electrons. The Balaban J connectivity index is 2.33. The second-order valence-electron chi connectivity index (χ2n) is 5.30. The molecule has 1 unspecified atom stereocenters. The Morgan fingerprint density at radius 3 is 2.41 bits per heavy atom. The highest BCUT2D eigenvalue weighted by molar-refractivity contribution is 5.91. The molecule has 0 saturated carbocycles. The number of carbonyl (C=O) groups is 2. The third-order valence-corrected chi connectivity index (χ3v) is 3.15. The second kappa shape index (κ2) is 9.00. The topological polar surface area (TPSA) is 75.6 Å². The van der Waals surface area contributed by atoms with Gasteiger partial charge in [0.2, 0.25) is 5.91 Å². The number of hydrogen-bond acceptors (Lipinski definition) is 3. The van der Waals surface area contributed by atoms with Gasteiger partial charge in [0.05, 0.1) is 6.61 Å². The predicted octanol–water partition coefficient (Wildman–Crippen LogP) is 2.43. The molecule has 0 aromatic heterocycles. The summed E-state index contributed by atoms with van der Waals surface area (Å²) in [6.07, 6.45) is 2.32. The van der Waals surface area contributed by atoms with Gasteiger partial charge >= 0.3 is 5.97 Å². The van der Waals surface area contributed by atoms with Crippen molar-refractivity contribution < 1.29 is 19.4 Å². The molecule has 0 heterocycles. The van der Waals surface area contributed by atoms with Crippen molar-refractivity contribution in [2.75, 3.05) is 13.2 Å². The molecule has 0 saturated heterocycles. The first-order chi connectivity index (χ1) is 10.4. The molecule has 5 heteroatoms. The lowest BCUT2D eigenvalue weighted by Gasteiger charge is -2.08. The van der Waals surface area contributed by atoms with Crippen LogP contribution in [0.15, 0.2) is 30.3 Å². The number of hydrogen-bond donors (Lipinski definition) is 2. The molecule has 0 radical (unpaired) electrons. The van der Waals surface area contributed by atoms with Gasteiger partial charge in [-0.25, -0.2) is 4.79 Å². The zero-order valence-corrected chi connectivity index (χ0v) is 13.2. The van der Waals surface area contributed by atoms with E-state index in [1.807, 2.05) is 24.3 Å². The molecule has 0 spiro atoms. The number of amides is 1. The second-order valence-corrected chi connectivity index (χ2v) is 5.30. The summed E-state index contributed by atoms with van der Waals surface area (Å²) in [6.45, 7) is 6.14. The number of ether oxygens (including phenoxy) is 1. The number of aliphatic carboxylic acids is 1. The molecule has 1 atom stereocenters. The van der Waals surface area contributed by atoms with Crippen molar-refractivity contribution in [1.29, 1.82) is 0 Å². The summed E-state index contributed by atoms with van der Waals surface area (Å²) in [7, 11) is 0. The zero-order chi connectivity index (χ0) is 16.5. The SMILES string of the molecule is CC(OCCNC(=O)/C=C/c1ccc(C(C)C)cc1)C(=O)O. The normalized spacial score (nSPS) is 12.5. The molecule has 2 N–H and O–H groups in total. The van der Waals surface area contributed by atoms with Crippen LogP contribution in [0.3, 0.4) is 0 Å². The summed E-state index contributed by atoms with van der Waals surface area (Å²) in [4.78, 5) is 22.1. The Morgan fingerprint density at radius 2 is 1.86 bits per heavy atom. The van der Waals surface area contributed by atoms with Gasteiger partial charge in [0.25, 0.3) is 0 Å². The minimum absolute atomic E-state index is 0.163. The summed E-state index contributed by atoms with van der Waals surface area (Å²) in [5, 5.41) is 11.3. The minimum atomic E-state index is -1.02. The maximum absolute atomic E-state index is 11.6. The van der Waals surface area contributed by atoms with E-state index in [1.165, 1.54) is 18.6 Å². The van der Waals surface area contributed by atoms with E-state index in [0.717, 1.165) is 5.56 Å². The highest BCUT2D eigenvalue weighted by Crippen LogP contribution is 2.15. The molecule has 1 aromatic rings. The molecule has 22 heavy (non-hydrogen) atoms. The van der Waals surface area contributed by atoms with Crippen LogP contribution in [0.5, 0.6) is 0 Å². The van der Waals surface area contributed by atoms with Gasteiger partial charge in [-0.15, -0.1) is 0 Å². The van der Waals surface area contributed by atoms with Crippen molar-refractivity contribution in [2.24, 2.45) is 0 Å². The first-order valence-corrected chi connectivity index (χ1v) is 7.30. The number of nitrogens with one attached hydrogen (secondary N) is 1. The standard InChI is InChI=1S/C17H23NO4/c1-12(2)15-7-4-14(5-8-15)6-9-16(19)18-10-11-22-13(3)17(20)21/h4-9,12-13H,10-11H2,1-3H3,(H,18,19)(H,20,21)/b9-6+. The molecule has 1 rings (SSSR count). The third kappa shape index (κ3) is 6.54. The van der Waals surface area contributed by atoms with Gasteiger partial charge in [0, 0.05) is 12.6 Å². The summed E-state index contributed by atoms with van der Waals surface area (Å²) in [5.74, 6) is -0.773. The number of rotatable bonds is 8. The van der Waals surface area contributed by atoms with Crippen LogP contribution < -0.4 is 5.32 Å². The highest BCUT2D eigenvalue weighted by atomic mass is 16.5. The van der Waals surface area contributed by atoms with Crippen LogP contribution in [0.4, 0.5) is 0 Å². The van der Waals surface area contributed by atoms with E-state index in [1.54, 1.807) is 6.08 Å². The Labute approximate surface area is 131 Å². The van der Waals surface area contributed by atoms with Gasteiger partial charge in [-0.1, -0.05) is 38.1 Å². The van der Waals surface area contributed by atoms with Gasteiger partial charge in [0.1, 0.15) is 0 Å². The molecule has 0 aliphatic heterocycles. The Kier molecular flexibility index (Phi) is 7.32. The van der Waals surface area contributed by atoms with Crippen molar-refractivity contribution >= 4 is 18.0 Å². The van der Waals surface area contributed by atoms with Crippen LogP contribution in [-0.2, 0) is 14.3 Å². The largest absolute Gasteiger partial charge is 0.479 e. The van der Waals surface area contributed by atoms with Gasteiger partial charge in [-0.2, -0.15) is 0 Å². The quantitative estimate of drug-likeness (QED) is 0.571. The summed E-state index contributed by atoms with van der Waals surface area (Å²) in [5.41, 5.74) is 2.21. The fraction of sp³-hybridized carbons (Fsp3) is 0.412. The molecule has 1 amide bonds. The minimum Gasteiger partial charge on any atom is -0.479 e. The fourth-order valence-electron chi connectivity index (χ4n) is 1.70. The summed E-state index contributed by atoms with van der Waals surface area (Å²) >= 11 is 0. The van der Waals surface area contributed by atoms with E-state index >= 15 is 0 Å². The van der Waals surface area contributed by atoms with Crippen LogP contribution in [0.25, 0.3) is 6.08 Å². The van der Waals surface area contributed by atoms with Crippen molar-refractivity contribution in [3.63, 3.8) is 0 Å². The molecule has 5 nitrogen and oxygen atoms in total. The van der Waals surface area contributed by atoms with Crippen LogP contribution in [0.1, 0.15) is 37.8 Å². The lowest BCUT2D eigenvalue weighted by Crippen LogP contribution is -2.29. The highest BCUT2D eigenvalue weighted by Gasteiger charge is 2.09. The van der Waals surface area contributed by atoms with Crippen LogP contribution >= 0.6 is 0 Å². The van der Waals surface area contributed by atoms with Crippen molar-refractivity contribution in [3.8, 4) is 0 Å². The van der Waals surface area contributed by atoms with Gasteiger partial charge in [0.15, 0.2) is 6.10 Å². The maximum atomic E-state index is 11.6. The lowest BCUT2D eigenvalue weighted by atomic mass is 10.0. The van der Waals surface area contributed by atoms with Crippen LogP contribution in [0.2, 0.25) is 0 Å². The van der Waals surface area contributed by atoms with Crippen molar-refractivity contribution in [2.45, 2.75) is 32.8 Å². The van der Waals surface area contributed by atoms with E-state index in [0.29, 0.717) is 5.92 Å². The summed E-state index contributed by atoms with van der Waals surface area (Å²) < 4.78 is 5.01. The average molecular weight is 305 g/mol. The first-order valence-electron chi connectivity index (χ1n) is 7.30. The molecule has 0 aliphatic rings. The molecule has 1 aromatic carbocycles. The van der Waals surface area contributed by atoms with Crippen LogP contribution in [-0.4, -0.2) is 36.2 Å². The fourth-order valence-corrected chi connectivity index (χ4v) is 1.70. The number of carboxylic acid groups (broad SMARTS) is 1. The number of benzene rings is 1. The van der Waals surface area contributed by atoms with E-state index in [9.17, 15) is 9.59 Å². The Morgan fingerprint density at radius 1 is 1.23 bits per heavy atom. The summed E-state index contributed by atoms with van der Waals surface area (Å²) in [6, 6.07) is 8.03. The van der Waals surface area contributed by atoms with E-state index < -0.39 is 12.1 Å². The van der Waals surface area contributed by atoms with Crippen molar-refractivity contribution in [1.82, 2.24) is 5.32 Å². The van der Waals surface area contributed by atoms with Gasteiger partial charge in [-0.05, 0) is 30.0 Å². The van der Waals surface area contributed by atoms with E-state index in [-0.39, 0.29) is 19.1 Å². The Bertz CT molecular complexity index is 520. The predicted molar refractivity (Wildman–Crippen MR) is 85.6 cm³/mol. The Hall–Kier alpha value is -2.14. The van der Waals surface area contributed by atoms with E-state index in [4.69, 9.17) is 9.84 Å². The molecular weight excluding hydrogens is 282 g/mol. The zero-order valence-electron chi connectivity index (χ0n) is 13.2. The van der Waals surface area contributed by atoms with Crippen LogP contribution in [0, 0.1) is 0 Å². The third-order valence-electron chi connectivity index (χ3n) is 3.15. The molecular formula is C17H23NO4. The molecule has 0 aliphatic carbocycles.